The van der Waals surface area contributed by atoms with E-state index in [-0.39, 0.29) is 33.5 Å². The number of Topliss-reactive ketones (excluding diaryl/α,β-unsaturated/α-hetero) is 1. The number of halogens is 1. The van der Waals surface area contributed by atoms with Crippen molar-refractivity contribution in [3.8, 4) is 23.0 Å². The van der Waals surface area contributed by atoms with Crippen molar-refractivity contribution in [3.63, 3.8) is 0 Å². The molecule has 0 saturated carbocycles. The Morgan fingerprint density at radius 1 is 0.906 bits per heavy atom. The molecule has 1 aliphatic rings. The predicted octanol–water partition coefficient (Wildman–Crippen LogP) is 4.23. The number of carbonyl (C=O) groups excluding carboxylic acids is 1. The van der Waals surface area contributed by atoms with E-state index < -0.39 is 15.9 Å². The van der Waals surface area contributed by atoms with Crippen LogP contribution in [0.25, 0.3) is 6.08 Å². The summed E-state index contributed by atoms with van der Waals surface area (Å²) in [6, 6.07) is 13.4. The van der Waals surface area contributed by atoms with E-state index in [1.165, 1.54) is 32.4 Å². The van der Waals surface area contributed by atoms with Gasteiger partial charge < -0.3 is 18.4 Å². The number of fused-ring (bicyclic) bond motifs is 1. The van der Waals surface area contributed by atoms with Crippen LogP contribution >= 0.6 is 0 Å². The van der Waals surface area contributed by atoms with Gasteiger partial charge in [-0.05, 0) is 60.2 Å². The monoisotopic (exact) mass is 456 g/mol. The van der Waals surface area contributed by atoms with Gasteiger partial charge in [-0.25, -0.2) is 4.39 Å². The smallest absolute Gasteiger partial charge is 0.339 e. The Labute approximate surface area is 183 Å². The normalized spacial score (nSPS) is 14.1. The fourth-order valence-corrected chi connectivity index (χ4v) is 4.01. The number of methoxy groups -OCH3 is 2. The highest BCUT2D eigenvalue weighted by Crippen LogP contribution is 2.36. The maximum atomic E-state index is 13.1. The average molecular weight is 456 g/mol. The quantitative estimate of drug-likeness (QED) is 0.405. The Hall–Kier alpha value is -3.85. The van der Waals surface area contributed by atoms with Gasteiger partial charge in [-0.1, -0.05) is 6.07 Å². The molecule has 0 amide bonds. The van der Waals surface area contributed by atoms with Gasteiger partial charge in [-0.15, -0.1) is 0 Å². The standard InChI is InChI=1S/C23H17FO7S/c1-28-19-10-3-14(11-21(19)29-2)12-22-23(25)18-9-6-16(13-20(18)30-22)31-32(26,27)17-7-4-15(24)5-8-17/h3-13H,1-2H3. The zero-order valence-corrected chi connectivity index (χ0v) is 17.8. The third-order valence-corrected chi connectivity index (χ3v) is 5.92. The zero-order valence-electron chi connectivity index (χ0n) is 17.0. The van der Waals surface area contributed by atoms with Gasteiger partial charge >= 0.3 is 10.1 Å². The lowest BCUT2D eigenvalue weighted by molar-refractivity contribution is 0.101. The molecule has 4 rings (SSSR count). The zero-order chi connectivity index (χ0) is 22.9. The van der Waals surface area contributed by atoms with Crippen molar-refractivity contribution in [3.05, 3.63) is 83.4 Å². The van der Waals surface area contributed by atoms with Gasteiger partial charge in [-0.3, -0.25) is 4.79 Å². The Balaban J connectivity index is 1.58. The van der Waals surface area contributed by atoms with Crippen LogP contribution < -0.4 is 18.4 Å². The van der Waals surface area contributed by atoms with Crippen molar-refractivity contribution in [2.75, 3.05) is 14.2 Å². The van der Waals surface area contributed by atoms with Crippen LogP contribution in [0.2, 0.25) is 0 Å². The first-order valence-electron chi connectivity index (χ1n) is 9.31. The SMILES string of the molecule is COc1ccc(C=C2Oc3cc(OS(=O)(=O)c4ccc(F)cc4)ccc3C2=O)cc1OC. The summed E-state index contributed by atoms with van der Waals surface area (Å²) < 4.78 is 59.1. The van der Waals surface area contributed by atoms with E-state index in [0.717, 1.165) is 24.3 Å². The molecule has 1 aliphatic heterocycles. The molecule has 7 nitrogen and oxygen atoms in total. The van der Waals surface area contributed by atoms with E-state index in [9.17, 15) is 17.6 Å². The summed E-state index contributed by atoms with van der Waals surface area (Å²) in [4.78, 5) is 12.5. The molecule has 0 aromatic heterocycles. The fourth-order valence-electron chi connectivity index (χ4n) is 3.09. The van der Waals surface area contributed by atoms with Crippen molar-refractivity contribution >= 4 is 22.0 Å². The summed E-state index contributed by atoms with van der Waals surface area (Å²) in [5.41, 5.74) is 0.914. The molecule has 0 radical (unpaired) electrons. The number of carbonyl (C=O) groups is 1. The van der Waals surface area contributed by atoms with E-state index in [0.29, 0.717) is 17.1 Å². The molecule has 0 spiro atoms. The van der Waals surface area contributed by atoms with Crippen molar-refractivity contribution in [2.24, 2.45) is 0 Å². The predicted molar refractivity (Wildman–Crippen MR) is 113 cm³/mol. The summed E-state index contributed by atoms with van der Waals surface area (Å²) in [6.07, 6.45) is 1.54. The van der Waals surface area contributed by atoms with E-state index in [1.807, 2.05) is 0 Å². The summed E-state index contributed by atoms with van der Waals surface area (Å²) in [6.45, 7) is 0. The second kappa shape index (κ2) is 8.35. The van der Waals surface area contributed by atoms with Gasteiger partial charge in [0.2, 0.25) is 5.78 Å². The molecule has 1 heterocycles. The number of rotatable bonds is 6. The van der Waals surface area contributed by atoms with Gasteiger partial charge in [0.15, 0.2) is 17.3 Å². The Kier molecular flexibility index (Phi) is 5.58. The summed E-state index contributed by atoms with van der Waals surface area (Å²) >= 11 is 0. The average Bonchev–Trinajstić information content (AvgIpc) is 3.08. The molecule has 32 heavy (non-hydrogen) atoms. The third-order valence-electron chi connectivity index (χ3n) is 4.66. The molecule has 9 heteroatoms. The fraction of sp³-hybridized carbons (Fsp3) is 0.0870. The van der Waals surface area contributed by atoms with E-state index in [4.69, 9.17) is 18.4 Å². The maximum absolute atomic E-state index is 13.1. The van der Waals surface area contributed by atoms with Crippen LogP contribution in [0.3, 0.4) is 0 Å². The van der Waals surface area contributed by atoms with E-state index in [1.54, 1.807) is 24.3 Å². The first kappa shape index (κ1) is 21.4. The number of hydrogen-bond donors (Lipinski definition) is 0. The first-order chi connectivity index (χ1) is 15.3. The number of hydrogen-bond acceptors (Lipinski definition) is 7. The van der Waals surface area contributed by atoms with Gasteiger partial charge in [0.25, 0.3) is 0 Å². The van der Waals surface area contributed by atoms with Crippen LogP contribution in [0.15, 0.2) is 71.3 Å². The van der Waals surface area contributed by atoms with Crippen LogP contribution in [0.5, 0.6) is 23.0 Å². The second-order valence-corrected chi connectivity index (χ2v) is 8.25. The molecule has 0 fully saturated rings. The number of allylic oxidation sites excluding steroid dienone is 1. The molecule has 0 bridgehead atoms. The minimum Gasteiger partial charge on any atom is -0.493 e. The lowest BCUT2D eigenvalue weighted by Crippen LogP contribution is -2.09. The Bertz CT molecular complexity index is 1330. The second-order valence-electron chi connectivity index (χ2n) is 6.70. The molecule has 3 aromatic rings. The van der Waals surface area contributed by atoms with E-state index in [2.05, 4.69) is 0 Å². The summed E-state index contributed by atoms with van der Waals surface area (Å²) in [7, 11) is -1.16. The number of ether oxygens (including phenoxy) is 3. The minimum absolute atomic E-state index is 0.0479. The van der Waals surface area contributed by atoms with Crippen molar-refractivity contribution < 1.29 is 36.0 Å². The van der Waals surface area contributed by atoms with Gasteiger partial charge in [-0.2, -0.15) is 8.42 Å². The molecule has 164 valence electrons. The van der Waals surface area contributed by atoms with Crippen LogP contribution in [-0.4, -0.2) is 28.4 Å². The molecule has 3 aromatic carbocycles. The van der Waals surface area contributed by atoms with Crippen molar-refractivity contribution in [1.82, 2.24) is 0 Å². The third kappa shape index (κ3) is 4.15. The first-order valence-corrected chi connectivity index (χ1v) is 10.7. The van der Waals surface area contributed by atoms with Gasteiger partial charge in [0.1, 0.15) is 22.2 Å². The molecular weight excluding hydrogens is 439 g/mol. The number of benzene rings is 3. The lowest BCUT2D eigenvalue weighted by atomic mass is 10.1. The highest BCUT2D eigenvalue weighted by Gasteiger charge is 2.29. The number of ketones is 1. The molecule has 0 unspecified atom stereocenters. The molecule has 0 N–H and O–H groups in total. The Morgan fingerprint density at radius 3 is 2.31 bits per heavy atom. The molecule has 0 saturated heterocycles. The van der Waals surface area contributed by atoms with E-state index >= 15 is 0 Å². The van der Waals surface area contributed by atoms with Crippen molar-refractivity contribution in [2.45, 2.75) is 4.90 Å². The summed E-state index contributed by atoms with van der Waals surface area (Å²) in [5.74, 6) is 0.282. The minimum atomic E-state index is -4.18. The van der Waals surface area contributed by atoms with Crippen LogP contribution in [0.1, 0.15) is 15.9 Å². The largest absolute Gasteiger partial charge is 0.493 e. The van der Waals surface area contributed by atoms with Crippen LogP contribution in [0.4, 0.5) is 4.39 Å². The van der Waals surface area contributed by atoms with Crippen molar-refractivity contribution in [1.29, 1.82) is 0 Å². The van der Waals surface area contributed by atoms with Gasteiger partial charge in [0.05, 0.1) is 19.8 Å². The summed E-state index contributed by atoms with van der Waals surface area (Å²) in [5, 5.41) is 0. The topological polar surface area (TPSA) is 88.1 Å². The van der Waals surface area contributed by atoms with Crippen LogP contribution in [0, 0.1) is 5.82 Å². The maximum Gasteiger partial charge on any atom is 0.339 e. The molecule has 0 aliphatic carbocycles. The lowest BCUT2D eigenvalue weighted by Gasteiger charge is -2.08. The molecular formula is C23H17FO7S. The Morgan fingerprint density at radius 2 is 1.62 bits per heavy atom. The highest BCUT2D eigenvalue weighted by molar-refractivity contribution is 7.87. The highest BCUT2D eigenvalue weighted by atomic mass is 32.2. The van der Waals surface area contributed by atoms with Crippen LogP contribution in [-0.2, 0) is 10.1 Å². The van der Waals surface area contributed by atoms with Gasteiger partial charge in [0, 0.05) is 6.07 Å². The molecule has 0 atom stereocenters.